The summed E-state index contributed by atoms with van der Waals surface area (Å²) in [5, 5.41) is 0.665. The molecule has 4 heteroatoms. The summed E-state index contributed by atoms with van der Waals surface area (Å²) in [6.45, 7) is 2.72. The van der Waals surface area contributed by atoms with E-state index in [2.05, 4.69) is 16.0 Å². The summed E-state index contributed by atoms with van der Waals surface area (Å²) in [4.78, 5) is 19.1. The van der Waals surface area contributed by atoms with Crippen LogP contribution in [0.4, 0.5) is 0 Å². The largest absolute Gasteiger partial charge is 0.298 e. The Morgan fingerprint density at radius 3 is 2.82 bits per heavy atom. The number of Topliss-reactive ketones (excluding diaryl/α,β-unsaturated/α-hetero) is 1. The molecule has 1 fully saturated rings. The van der Waals surface area contributed by atoms with E-state index in [0.717, 1.165) is 38.0 Å². The molecule has 1 saturated heterocycles. The first-order chi connectivity index (χ1) is 10.7. The quantitative estimate of drug-likeness (QED) is 0.804. The van der Waals surface area contributed by atoms with Crippen molar-refractivity contribution in [2.75, 3.05) is 13.1 Å². The number of likely N-dealkylation sites (tertiary alicyclic amines) is 1. The fourth-order valence-electron chi connectivity index (χ4n) is 3.01. The first-order valence-corrected chi connectivity index (χ1v) is 8.01. The topological polar surface area (TPSA) is 33.2 Å². The van der Waals surface area contributed by atoms with Crippen molar-refractivity contribution >= 4 is 17.4 Å². The molecule has 2 aromatic rings. The van der Waals surface area contributed by atoms with Gasteiger partial charge in [0, 0.05) is 42.0 Å². The van der Waals surface area contributed by atoms with Crippen molar-refractivity contribution in [2.24, 2.45) is 5.92 Å². The van der Waals surface area contributed by atoms with Gasteiger partial charge in [0.2, 0.25) is 0 Å². The summed E-state index contributed by atoms with van der Waals surface area (Å²) in [5.74, 6) is 0.305. The molecule has 1 aromatic carbocycles. The molecule has 0 saturated carbocycles. The van der Waals surface area contributed by atoms with Gasteiger partial charge in [0.1, 0.15) is 0 Å². The van der Waals surface area contributed by atoms with Gasteiger partial charge in [-0.05, 0) is 55.3 Å². The number of halogens is 1. The van der Waals surface area contributed by atoms with Crippen LogP contribution in [0.3, 0.4) is 0 Å². The van der Waals surface area contributed by atoms with Crippen LogP contribution in [0.5, 0.6) is 0 Å². The van der Waals surface area contributed by atoms with Crippen molar-refractivity contribution in [3.63, 3.8) is 0 Å². The number of benzene rings is 1. The second-order valence-corrected chi connectivity index (χ2v) is 6.24. The molecule has 1 atom stereocenters. The average Bonchev–Trinajstić information content (AvgIpc) is 2.56. The summed E-state index contributed by atoms with van der Waals surface area (Å²) in [7, 11) is 0. The van der Waals surface area contributed by atoms with E-state index in [0.29, 0.717) is 5.02 Å². The van der Waals surface area contributed by atoms with Gasteiger partial charge < -0.3 is 0 Å². The lowest BCUT2D eigenvalue weighted by atomic mass is 9.90. The summed E-state index contributed by atoms with van der Waals surface area (Å²) in [6.07, 6.45) is 5.70. The molecule has 3 rings (SSSR count). The molecule has 1 aliphatic heterocycles. The van der Waals surface area contributed by atoms with Crippen LogP contribution in [0.25, 0.3) is 0 Å². The van der Waals surface area contributed by atoms with Crippen molar-refractivity contribution in [2.45, 2.75) is 19.4 Å². The first kappa shape index (κ1) is 15.2. The van der Waals surface area contributed by atoms with E-state index < -0.39 is 0 Å². The zero-order valence-corrected chi connectivity index (χ0v) is 13.2. The molecule has 0 radical (unpaired) electrons. The van der Waals surface area contributed by atoms with Gasteiger partial charge in [0.25, 0.3) is 0 Å². The summed E-state index contributed by atoms with van der Waals surface area (Å²) in [6, 6.07) is 11.2. The fraction of sp³-hybridized carbons (Fsp3) is 0.333. The van der Waals surface area contributed by atoms with Gasteiger partial charge in [-0.1, -0.05) is 17.7 Å². The van der Waals surface area contributed by atoms with Crippen molar-refractivity contribution in [3.8, 4) is 0 Å². The molecular formula is C18H19ClN2O. The second-order valence-electron chi connectivity index (χ2n) is 5.81. The van der Waals surface area contributed by atoms with Crippen molar-refractivity contribution < 1.29 is 4.79 Å². The molecule has 1 aliphatic rings. The van der Waals surface area contributed by atoms with Crippen LogP contribution in [0.15, 0.2) is 48.8 Å². The van der Waals surface area contributed by atoms with Crippen molar-refractivity contribution in [1.82, 2.24) is 9.88 Å². The van der Waals surface area contributed by atoms with Gasteiger partial charge in [-0.15, -0.1) is 0 Å². The Kier molecular flexibility index (Phi) is 4.86. The van der Waals surface area contributed by atoms with E-state index in [1.54, 1.807) is 18.3 Å². The highest BCUT2D eigenvalue weighted by Gasteiger charge is 2.26. The van der Waals surface area contributed by atoms with Gasteiger partial charge in [0.15, 0.2) is 5.78 Å². The lowest BCUT2D eigenvalue weighted by molar-refractivity contribution is 0.0811. The maximum atomic E-state index is 12.6. The molecule has 0 N–H and O–H groups in total. The third kappa shape index (κ3) is 3.73. The SMILES string of the molecule is O=C(c1ccc(Cl)cc1)[C@H]1CCCN(Cc2cccnc2)C1. The second kappa shape index (κ2) is 7.03. The zero-order chi connectivity index (χ0) is 15.4. The highest BCUT2D eigenvalue weighted by molar-refractivity contribution is 6.30. The predicted octanol–water partition coefficient (Wildman–Crippen LogP) is 3.83. The van der Waals surface area contributed by atoms with E-state index in [1.165, 1.54) is 5.56 Å². The minimum absolute atomic E-state index is 0.0756. The van der Waals surface area contributed by atoms with E-state index in [-0.39, 0.29) is 11.7 Å². The lowest BCUT2D eigenvalue weighted by Gasteiger charge is -2.32. The average molecular weight is 315 g/mol. The van der Waals surface area contributed by atoms with Crippen LogP contribution in [0, 0.1) is 5.92 Å². The standard InChI is InChI=1S/C18H19ClN2O/c19-17-7-5-15(6-8-17)18(22)16-4-2-10-21(13-16)12-14-3-1-9-20-11-14/h1,3,5-9,11,16H,2,4,10,12-13H2/t16-/m0/s1. The molecule has 1 aromatic heterocycles. The van der Waals surface area contributed by atoms with Crippen LogP contribution in [0.1, 0.15) is 28.8 Å². The number of aromatic nitrogens is 1. The van der Waals surface area contributed by atoms with Crippen LogP contribution in [0.2, 0.25) is 5.02 Å². The van der Waals surface area contributed by atoms with E-state index in [4.69, 9.17) is 11.6 Å². The third-order valence-electron chi connectivity index (χ3n) is 4.13. The maximum absolute atomic E-state index is 12.6. The number of ketones is 1. The number of carbonyl (C=O) groups excluding carboxylic acids is 1. The van der Waals surface area contributed by atoms with Crippen LogP contribution >= 0.6 is 11.6 Å². The Morgan fingerprint density at radius 2 is 2.09 bits per heavy atom. The van der Waals surface area contributed by atoms with Gasteiger partial charge >= 0.3 is 0 Å². The molecule has 0 amide bonds. The van der Waals surface area contributed by atoms with Gasteiger partial charge in [-0.25, -0.2) is 0 Å². The van der Waals surface area contributed by atoms with Crippen molar-refractivity contribution in [3.05, 3.63) is 64.9 Å². The monoisotopic (exact) mass is 314 g/mol. The fourth-order valence-corrected chi connectivity index (χ4v) is 3.14. The predicted molar refractivity (Wildman–Crippen MR) is 88.0 cm³/mol. The Bertz CT molecular complexity index is 627. The Balaban J connectivity index is 1.65. The van der Waals surface area contributed by atoms with E-state index in [9.17, 15) is 4.79 Å². The zero-order valence-electron chi connectivity index (χ0n) is 12.4. The first-order valence-electron chi connectivity index (χ1n) is 7.63. The smallest absolute Gasteiger partial charge is 0.167 e. The summed E-state index contributed by atoms with van der Waals surface area (Å²) >= 11 is 5.89. The van der Waals surface area contributed by atoms with Crippen molar-refractivity contribution in [1.29, 1.82) is 0 Å². The molecule has 0 spiro atoms. The molecule has 114 valence electrons. The Hall–Kier alpha value is -1.71. The Labute approximate surface area is 135 Å². The molecular weight excluding hydrogens is 296 g/mol. The Morgan fingerprint density at radius 1 is 1.27 bits per heavy atom. The number of rotatable bonds is 4. The number of pyridine rings is 1. The van der Waals surface area contributed by atoms with E-state index >= 15 is 0 Å². The minimum Gasteiger partial charge on any atom is -0.298 e. The number of carbonyl (C=O) groups is 1. The molecule has 0 unspecified atom stereocenters. The summed E-state index contributed by atoms with van der Waals surface area (Å²) in [5.41, 5.74) is 1.96. The summed E-state index contributed by atoms with van der Waals surface area (Å²) < 4.78 is 0. The van der Waals surface area contributed by atoms with Crippen LogP contribution in [-0.4, -0.2) is 28.8 Å². The van der Waals surface area contributed by atoms with Crippen LogP contribution < -0.4 is 0 Å². The highest BCUT2D eigenvalue weighted by atomic mass is 35.5. The normalized spacial score (nSPS) is 19.0. The molecule has 0 aliphatic carbocycles. The molecule has 2 heterocycles. The minimum atomic E-state index is 0.0756. The highest BCUT2D eigenvalue weighted by Crippen LogP contribution is 2.23. The molecule has 3 nitrogen and oxygen atoms in total. The van der Waals surface area contributed by atoms with Crippen LogP contribution in [-0.2, 0) is 6.54 Å². The van der Waals surface area contributed by atoms with E-state index in [1.807, 2.05) is 24.4 Å². The van der Waals surface area contributed by atoms with Gasteiger partial charge in [-0.3, -0.25) is 14.7 Å². The van der Waals surface area contributed by atoms with Gasteiger partial charge in [0.05, 0.1) is 0 Å². The molecule has 0 bridgehead atoms. The number of hydrogen-bond acceptors (Lipinski definition) is 3. The number of piperidine rings is 1. The maximum Gasteiger partial charge on any atom is 0.167 e. The third-order valence-corrected chi connectivity index (χ3v) is 4.39. The van der Waals surface area contributed by atoms with Gasteiger partial charge in [-0.2, -0.15) is 0 Å². The molecule has 22 heavy (non-hydrogen) atoms. The lowest BCUT2D eigenvalue weighted by Crippen LogP contribution is -2.38. The number of hydrogen-bond donors (Lipinski definition) is 0. The number of nitrogens with zero attached hydrogens (tertiary/aromatic N) is 2.